The molecule has 29 heavy (non-hydrogen) atoms. The minimum absolute atomic E-state index is 0. The normalized spacial score (nSPS) is 23.3. The first-order valence-electron chi connectivity index (χ1n) is 10.1. The second-order valence-corrected chi connectivity index (χ2v) is 10.1. The van der Waals surface area contributed by atoms with E-state index in [0.29, 0.717) is 19.1 Å². The van der Waals surface area contributed by atoms with E-state index < -0.39 is 9.84 Å². The lowest BCUT2D eigenvalue weighted by Crippen LogP contribution is -2.49. The zero-order valence-electron chi connectivity index (χ0n) is 17.1. The number of piperidine rings is 1. The molecule has 1 heterocycles. The SMILES string of the molecule is CCN=C(NC1CCN(CCS(C)(=O)=O)CC1)NC1CC1c1ccccc1F.I. The number of likely N-dealkylation sites (tertiary alicyclic amines) is 1. The topological polar surface area (TPSA) is 73.8 Å². The van der Waals surface area contributed by atoms with Crippen molar-refractivity contribution >= 4 is 39.8 Å². The number of guanidine groups is 1. The number of benzene rings is 1. The van der Waals surface area contributed by atoms with Crippen LogP contribution in [0.3, 0.4) is 0 Å². The Hall–Kier alpha value is -0.940. The zero-order chi connectivity index (χ0) is 20.1. The van der Waals surface area contributed by atoms with Gasteiger partial charge in [0.05, 0.1) is 5.75 Å². The zero-order valence-corrected chi connectivity index (χ0v) is 20.3. The molecule has 2 aliphatic rings. The molecule has 1 aliphatic carbocycles. The monoisotopic (exact) mass is 538 g/mol. The summed E-state index contributed by atoms with van der Waals surface area (Å²) >= 11 is 0. The van der Waals surface area contributed by atoms with E-state index in [-0.39, 0.29) is 47.5 Å². The van der Waals surface area contributed by atoms with E-state index in [1.54, 1.807) is 6.07 Å². The molecule has 6 nitrogen and oxygen atoms in total. The van der Waals surface area contributed by atoms with Crippen molar-refractivity contribution in [2.45, 2.75) is 44.2 Å². The average Bonchev–Trinajstić information content (AvgIpc) is 3.40. The summed E-state index contributed by atoms with van der Waals surface area (Å²) < 4.78 is 36.6. The Labute approximate surface area is 190 Å². The van der Waals surface area contributed by atoms with Crippen molar-refractivity contribution in [1.29, 1.82) is 0 Å². The summed E-state index contributed by atoms with van der Waals surface area (Å²) in [7, 11) is -2.91. The van der Waals surface area contributed by atoms with E-state index in [1.807, 2.05) is 19.1 Å². The van der Waals surface area contributed by atoms with Crippen molar-refractivity contribution in [3.8, 4) is 0 Å². The third kappa shape index (κ3) is 7.67. The van der Waals surface area contributed by atoms with Crippen LogP contribution < -0.4 is 10.6 Å². The number of aliphatic imine (C=N–C) groups is 1. The second-order valence-electron chi connectivity index (χ2n) is 7.83. The summed E-state index contributed by atoms with van der Waals surface area (Å²) in [5, 5.41) is 6.96. The van der Waals surface area contributed by atoms with E-state index in [9.17, 15) is 12.8 Å². The highest BCUT2D eigenvalue weighted by Crippen LogP contribution is 2.41. The third-order valence-electron chi connectivity index (χ3n) is 5.44. The molecule has 9 heteroatoms. The van der Waals surface area contributed by atoms with Gasteiger partial charge in [0.1, 0.15) is 15.7 Å². The molecule has 1 saturated carbocycles. The fourth-order valence-corrected chi connectivity index (χ4v) is 4.32. The van der Waals surface area contributed by atoms with Crippen LogP contribution in [0.2, 0.25) is 0 Å². The van der Waals surface area contributed by atoms with Gasteiger partial charge in [-0.2, -0.15) is 0 Å². The first-order chi connectivity index (χ1) is 13.4. The summed E-state index contributed by atoms with van der Waals surface area (Å²) in [6.07, 6.45) is 4.10. The molecule has 1 aromatic carbocycles. The molecular formula is C20H32FIN4O2S. The van der Waals surface area contributed by atoms with Gasteiger partial charge in [-0.3, -0.25) is 4.99 Å². The highest BCUT2D eigenvalue weighted by atomic mass is 127. The van der Waals surface area contributed by atoms with Gasteiger partial charge < -0.3 is 15.5 Å². The average molecular weight is 538 g/mol. The first kappa shape index (κ1) is 24.3. The van der Waals surface area contributed by atoms with Crippen molar-refractivity contribution in [2.24, 2.45) is 4.99 Å². The van der Waals surface area contributed by atoms with Crippen LogP contribution in [-0.4, -0.2) is 69.5 Å². The van der Waals surface area contributed by atoms with Gasteiger partial charge in [0.15, 0.2) is 5.96 Å². The van der Waals surface area contributed by atoms with E-state index in [1.165, 1.54) is 12.3 Å². The molecule has 2 N–H and O–H groups in total. The molecule has 3 rings (SSSR count). The minimum Gasteiger partial charge on any atom is -0.354 e. The second kappa shape index (κ2) is 10.9. The Morgan fingerprint density at radius 2 is 1.93 bits per heavy atom. The molecule has 0 bridgehead atoms. The van der Waals surface area contributed by atoms with Crippen LogP contribution in [0.25, 0.3) is 0 Å². The van der Waals surface area contributed by atoms with Gasteiger partial charge in [0.2, 0.25) is 0 Å². The summed E-state index contributed by atoms with van der Waals surface area (Å²) in [6.45, 7) is 5.05. The van der Waals surface area contributed by atoms with Gasteiger partial charge in [0.25, 0.3) is 0 Å². The summed E-state index contributed by atoms with van der Waals surface area (Å²) in [5.41, 5.74) is 0.773. The number of hydrogen-bond acceptors (Lipinski definition) is 4. The molecule has 1 saturated heterocycles. The number of rotatable bonds is 7. The molecule has 1 aromatic rings. The van der Waals surface area contributed by atoms with Gasteiger partial charge >= 0.3 is 0 Å². The molecule has 2 unspecified atom stereocenters. The number of nitrogens with zero attached hydrogens (tertiary/aromatic N) is 2. The smallest absolute Gasteiger partial charge is 0.191 e. The molecular weight excluding hydrogens is 506 g/mol. The van der Waals surface area contributed by atoms with Gasteiger partial charge in [-0.15, -0.1) is 24.0 Å². The first-order valence-corrected chi connectivity index (χ1v) is 12.1. The van der Waals surface area contributed by atoms with Crippen molar-refractivity contribution in [3.63, 3.8) is 0 Å². The Bertz CT molecular complexity index is 797. The van der Waals surface area contributed by atoms with Crippen LogP contribution in [0.4, 0.5) is 4.39 Å². The van der Waals surface area contributed by atoms with Crippen LogP contribution in [0.5, 0.6) is 0 Å². The maximum Gasteiger partial charge on any atom is 0.191 e. The van der Waals surface area contributed by atoms with E-state index in [2.05, 4.69) is 20.5 Å². The van der Waals surface area contributed by atoms with Crippen molar-refractivity contribution in [1.82, 2.24) is 15.5 Å². The summed E-state index contributed by atoms with van der Waals surface area (Å²) in [4.78, 5) is 6.75. The molecule has 0 spiro atoms. The Morgan fingerprint density at radius 3 is 2.55 bits per heavy atom. The Morgan fingerprint density at radius 1 is 1.24 bits per heavy atom. The lowest BCUT2D eigenvalue weighted by atomic mass is 10.1. The van der Waals surface area contributed by atoms with Crippen LogP contribution in [0, 0.1) is 5.82 Å². The van der Waals surface area contributed by atoms with Crippen LogP contribution in [0.1, 0.15) is 37.7 Å². The van der Waals surface area contributed by atoms with Crippen LogP contribution in [0.15, 0.2) is 29.3 Å². The number of sulfone groups is 1. The predicted molar refractivity (Wildman–Crippen MR) is 126 cm³/mol. The summed E-state index contributed by atoms with van der Waals surface area (Å²) in [6, 6.07) is 7.50. The van der Waals surface area contributed by atoms with Gasteiger partial charge in [0, 0.05) is 50.4 Å². The molecule has 2 atom stereocenters. The van der Waals surface area contributed by atoms with Gasteiger partial charge in [-0.1, -0.05) is 18.2 Å². The maximum absolute atomic E-state index is 14.0. The largest absolute Gasteiger partial charge is 0.354 e. The van der Waals surface area contributed by atoms with E-state index >= 15 is 0 Å². The molecule has 0 amide bonds. The van der Waals surface area contributed by atoms with Crippen molar-refractivity contribution < 1.29 is 12.8 Å². The fourth-order valence-electron chi connectivity index (χ4n) is 3.73. The van der Waals surface area contributed by atoms with Gasteiger partial charge in [-0.25, -0.2) is 12.8 Å². The van der Waals surface area contributed by atoms with E-state index in [0.717, 1.165) is 43.9 Å². The molecule has 2 fully saturated rings. The quantitative estimate of drug-likeness (QED) is 0.317. The maximum atomic E-state index is 14.0. The Kier molecular flexibility index (Phi) is 9.15. The molecule has 164 valence electrons. The minimum atomic E-state index is -2.91. The predicted octanol–water partition coefficient (Wildman–Crippen LogP) is 2.36. The molecule has 1 aliphatic heterocycles. The Balaban J connectivity index is 0.00000300. The van der Waals surface area contributed by atoms with E-state index in [4.69, 9.17) is 0 Å². The van der Waals surface area contributed by atoms with Crippen LogP contribution >= 0.6 is 24.0 Å². The number of hydrogen-bond donors (Lipinski definition) is 2. The lowest BCUT2D eigenvalue weighted by molar-refractivity contribution is 0.216. The van der Waals surface area contributed by atoms with Crippen LogP contribution in [-0.2, 0) is 9.84 Å². The standard InChI is InChI=1S/C20H31FN4O2S.HI/c1-3-22-20(24-19-14-17(19)16-6-4-5-7-18(16)21)23-15-8-10-25(11-9-15)12-13-28(2,26)27;/h4-7,15,17,19H,3,8-14H2,1-2H3,(H2,22,23,24);1H. The molecule has 0 radical (unpaired) electrons. The number of halogens is 2. The third-order valence-corrected chi connectivity index (χ3v) is 6.36. The van der Waals surface area contributed by atoms with Gasteiger partial charge in [-0.05, 0) is 37.8 Å². The summed E-state index contributed by atoms with van der Waals surface area (Å²) in [5.74, 6) is 1.07. The van der Waals surface area contributed by atoms with Crippen molar-refractivity contribution in [3.05, 3.63) is 35.6 Å². The fraction of sp³-hybridized carbons (Fsp3) is 0.650. The molecule has 0 aromatic heterocycles. The highest BCUT2D eigenvalue weighted by Gasteiger charge is 2.40. The van der Waals surface area contributed by atoms with Crippen molar-refractivity contribution in [2.75, 3.05) is 38.2 Å². The number of nitrogens with one attached hydrogen (secondary N) is 2. The lowest BCUT2D eigenvalue weighted by Gasteiger charge is -2.33. The highest BCUT2D eigenvalue weighted by molar-refractivity contribution is 14.0.